The molecule has 0 radical (unpaired) electrons. The summed E-state index contributed by atoms with van der Waals surface area (Å²) in [6.45, 7) is 0. The fraction of sp³-hybridized carbons (Fsp3) is 0. The van der Waals surface area contributed by atoms with Crippen LogP contribution in [0.2, 0.25) is 0 Å². The highest BCUT2D eigenvalue weighted by Crippen LogP contribution is 2.46. The number of hydrogen-bond donors (Lipinski definition) is 0. The van der Waals surface area contributed by atoms with Crippen LogP contribution in [-0.2, 0) is 0 Å². The Kier molecular flexibility index (Phi) is 1.53. The summed E-state index contributed by atoms with van der Waals surface area (Å²) in [7, 11) is 0. The molecule has 6 nitrogen and oxygen atoms in total. The van der Waals surface area contributed by atoms with Gasteiger partial charge in [-0.05, 0) is 0 Å². The largest absolute Gasteiger partial charge is 0.873 e. The first-order valence-corrected chi connectivity index (χ1v) is 2.72. The standard InChI is InChI=1S/C6H6O6/c7-1-2(8)4(10)6(12)5(11)3(1)9/h7-12H/p-6. The zero-order chi connectivity index (χ0) is 9.46. The van der Waals surface area contributed by atoms with Crippen molar-refractivity contribution in [1.82, 2.24) is 0 Å². The number of hydrogen-bond acceptors (Lipinski definition) is 6. The average molecular weight is 168 g/mol. The zero-order valence-electron chi connectivity index (χ0n) is 5.45. The fourth-order valence-electron chi connectivity index (χ4n) is 0.619. The SMILES string of the molecule is [O-]c1c([O-])c([O-])c([O-])c([O-])c1[O-]. The lowest BCUT2D eigenvalue weighted by Crippen LogP contribution is -2.14. The second kappa shape index (κ2) is 2.26. The molecule has 0 atom stereocenters. The Labute approximate surface area is 66.2 Å². The minimum absolute atomic E-state index is 1.73. The molecule has 0 saturated carbocycles. The summed E-state index contributed by atoms with van der Waals surface area (Å²) in [5, 5.41) is 62.4. The van der Waals surface area contributed by atoms with E-state index in [4.69, 9.17) is 0 Å². The van der Waals surface area contributed by atoms with Crippen LogP contribution < -0.4 is 30.6 Å². The molecule has 0 spiro atoms. The second-order valence-corrected chi connectivity index (χ2v) is 1.97. The molecule has 0 saturated heterocycles. The molecule has 1 rings (SSSR count). The van der Waals surface area contributed by atoms with Gasteiger partial charge < -0.3 is 30.6 Å². The van der Waals surface area contributed by atoms with Crippen LogP contribution in [0.5, 0.6) is 34.5 Å². The molecule has 0 heterocycles. The molecule has 0 bridgehead atoms. The van der Waals surface area contributed by atoms with Gasteiger partial charge in [0.2, 0.25) is 0 Å². The van der Waals surface area contributed by atoms with Gasteiger partial charge in [0.25, 0.3) is 0 Å². The van der Waals surface area contributed by atoms with Gasteiger partial charge in [0.15, 0.2) is 0 Å². The van der Waals surface area contributed by atoms with E-state index < -0.39 is 34.5 Å². The molecule has 12 heavy (non-hydrogen) atoms. The topological polar surface area (TPSA) is 138 Å². The maximum absolute atomic E-state index is 10.4. The van der Waals surface area contributed by atoms with Crippen molar-refractivity contribution in [2.75, 3.05) is 0 Å². The van der Waals surface area contributed by atoms with E-state index in [9.17, 15) is 30.6 Å². The maximum atomic E-state index is 10.4. The predicted molar refractivity (Wildman–Crippen MR) is 23.1 cm³/mol. The summed E-state index contributed by atoms with van der Waals surface area (Å²) < 4.78 is 0. The molecule has 0 aliphatic heterocycles. The average Bonchev–Trinajstić information content (AvgIpc) is 2.08. The first-order chi connectivity index (χ1) is 5.46. The van der Waals surface area contributed by atoms with E-state index in [0.717, 1.165) is 0 Å². The van der Waals surface area contributed by atoms with Gasteiger partial charge in [-0.2, -0.15) is 0 Å². The highest BCUT2D eigenvalue weighted by atomic mass is 16.4. The van der Waals surface area contributed by atoms with Crippen LogP contribution >= 0.6 is 0 Å². The van der Waals surface area contributed by atoms with Crippen molar-refractivity contribution < 1.29 is 30.6 Å². The fourth-order valence-corrected chi connectivity index (χ4v) is 0.619. The van der Waals surface area contributed by atoms with E-state index in [1.165, 1.54) is 0 Å². The molecule has 0 aliphatic carbocycles. The van der Waals surface area contributed by atoms with E-state index in [-0.39, 0.29) is 0 Å². The van der Waals surface area contributed by atoms with Gasteiger partial charge >= 0.3 is 0 Å². The molecule has 0 aliphatic rings. The maximum Gasteiger partial charge on any atom is -0.127 e. The van der Waals surface area contributed by atoms with E-state index in [1.54, 1.807) is 0 Å². The third kappa shape index (κ3) is 0.815. The lowest BCUT2D eigenvalue weighted by molar-refractivity contribution is -0.384. The molecule has 0 unspecified atom stereocenters. The van der Waals surface area contributed by atoms with Gasteiger partial charge in [-0.3, -0.25) is 0 Å². The Morgan fingerprint density at radius 2 is 0.417 bits per heavy atom. The van der Waals surface area contributed by atoms with Gasteiger partial charge in [-0.15, -0.1) is 34.5 Å². The first kappa shape index (κ1) is 8.12. The molecule has 0 aromatic heterocycles. The molecule has 6 heteroatoms. The summed E-state index contributed by atoms with van der Waals surface area (Å²) in [4.78, 5) is 0. The van der Waals surface area contributed by atoms with E-state index in [2.05, 4.69) is 0 Å². The van der Waals surface area contributed by atoms with Crippen molar-refractivity contribution in [3.63, 3.8) is 0 Å². The summed E-state index contributed by atoms with van der Waals surface area (Å²) in [6.07, 6.45) is 0. The van der Waals surface area contributed by atoms with Gasteiger partial charge in [0, 0.05) is 0 Å². The Bertz CT molecular complexity index is 226. The van der Waals surface area contributed by atoms with Crippen LogP contribution in [0.4, 0.5) is 0 Å². The number of benzene rings is 1. The van der Waals surface area contributed by atoms with Crippen LogP contribution in [0.1, 0.15) is 0 Å². The minimum Gasteiger partial charge on any atom is -0.873 e. The van der Waals surface area contributed by atoms with Crippen molar-refractivity contribution in [1.29, 1.82) is 0 Å². The highest BCUT2D eigenvalue weighted by molar-refractivity contribution is 5.67. The van der Waals surface area contributed by atoms with Crippen molar-refractivity contribution in [3.8, 4) is 34.5 Å². The first-order valence-electron chi connectivity index (χ1n) is 2.72. The third-order valence-corrected chi connectivity index (χ3v) is 1.24. The van der Waals surface area contributed by atoms with Crippen LogP contribution in [0.15, 0.2) is 0 Å². The molecular weight excluding hydrogens is 168 g/mol. The van der Waals surface area contributed by atoms with Gasteiger partial charge in [0.05, 0.1) is 0 Å². The molecule has 0 N–H and O–H groups in total. The molecule has 66 valence electrons. The van der Waals surface area contributed by atoms with Crippen molar-refractivity contribution in [3.05, 3.63) is 0 Å². The highest BCUT2D eigenvalue weighted by Gasteiger charge is 1.88. The molecular formula is C6O6-6. The Morgan fingerprint density at radius 3 is 0.500 bits per heavy atom. The Hall–Kier alpha value is -1.98. The second-order valence-electron chi connectivity index (χ2n) is 1.97. The third-order valence-electron chi connectivity index (χ3n) is 1.24. The summed E-state index contributed by atoms with van der Waals surface area (Å²) in [5.41, 5.74) is 0. The van der Waals surface area contributed by atoms with Crippen molar-refractivity contribution in [2.24, 2.45) is 0 Å². The van der Waals surface area contributed by atoms with Crippen molar-refractivity contribution >= 4 is 0 Å². The Morgan fingerprint density at radius 1 is 0.333 bits per heavy atom. The van der Waals surface area contributed by atoms with Crippen molar-refractivity contribution in [2.45, 2.75) is 0 Å². The lowest BCUT2D eigenvalue weighted by Gasteiger charge is -2.41. The number of rotatable bonds is 0. The summed E-state index contributed by atoms with van der Waals surface area (Å²) >= 11 is 0. The summed E-state index contributed by atoms with van der Waals surface area (Å²) in [5.74, 6) is -10.4. The van der Waals surface area contributed by atoms with Gasteiger partial charge in [-0.25, -0.2) is 0 Å². The van der Waals surface area contributed by atoms with Crippen LogP contribution in [0.25, 0.3) is 0 Å². The quantitative estimate of drug-likeness (QED) is 0.388. The van der Waals surface area contributed by atoms with E-state index in [1.807, 2.05) is 0 Å². The van der Waals surface area contributed by atoms with Gasteiger partial charge in [0.1, 0.15) is 0 Å². The van der Waals surface area contributed by atoms with Crippen LogP contribution in [0, 0.1) is 0 Å². The Balaban J connectivity index is 3.60. The zero-order valence-corrected chi connectivity index (χ0v) is 5.45. The molecule has 0 fully saturated rings. The lowest BCUT2D eigenvalue weighted by atomic mass is 10.2. The smallest absolute Gasteiger partial charge is 0.127 e. The van der Waals surface area contributed by atoms with E-state index >= 15 is 0 Å². The van der Waals surface area contributed by atoms with E-state index in [0.29, 0.717) is 0 Å². The minimum atomic E-state index is -1.73. The molecule has 1 aromatic rings. The predicted octanol–water partition coefficient (Wildman–Crippen LogP) is -3.87. The monoisotopic (exact) mass is 168 g/mol. The van der Waals surface area contributed by atoms with Crippen LogP contribution in [0.3, 0.4) is 0 Å². The summed E-state index contributed by atoms with van der Waals surface area (Å²) in [6, 6.07) is 0. The normalized spacial score (nSPS) is 10.0. The van der Waals surface area contributed by atoms with Gasteiger partial charge in [-0.1, -0.05) is 0 Å². The van der Waals surface area contributed by atoms with Crippen LogP contribution in [-0.4, -0.2) is 0 Å². The molecule has 0 amide bonds. The molecule has 1 aromatic carbocycles.